The molecule has 4 heteroatoms. The molecule has 0 aromatic heterocycles. The van der Waals surface area contributed by atoms with Crippen LogP contribution in [0.3, 0.4) is 0 Å². The predicted molar refractivity (Wildman–Crippen MR) is 57.0 cm³/mol. The third-order valence-electron chi connectivity index (χ3n) is 1.89. The number of methoxy groups -OCH3 is 1. The molecule has 1 N–H and O–H groups in total. The molecule has 0 atom stereocenters. The fourth-order valence-corrected chi connectivity index (χ4v) is 1.11. The molecule has 0 aliphatic heterocycles. The lowest BCUT2D eigenvalue weighted by molar-refractivity contribution is -0.133. The van der Waals surface area contributed by atoms with E-state index in [9.17, 15) is 9.59 Å². The zero-order valence-corrected chi connectivity index (χ0v) is 8.90. The first kappa shape index (κ1) is 11.8. The predicted octanol–water partition coefficient (Wildman–Crippen LogP) is 1.22. The van der Waals surface area contributed by atoms with Crippen LogP contribution in [0, 0.1) is 18.8 Å². The summed E-state index contributed by atoms with van der Waals surface area (Å²) in [5, 5.41) is 8.93. The number of aryl methyl sites for hydroxylation is 1. The third-order valence-corrected chi connectivity index (χ3v) is 1.89. The highest BCUT2D eigenvalue weighted by Gasteiger charge is 2.08. The number of benzene rings is 1. The van der Waals surface area contributed by atoms with Crippen LogP contribution in [0.2, 0.25) is 0 Å². The summed E-state index contributed by atoms with van der Waals surface area (Å²) in [6, 6.07) is 4.80. The van der Waals surface area contributed by atoms with Crippen LogP contribution in [-0.4, -0.2) is 24.2 Å². The number of carbonyl (C=O) groups excluding carboxylic acids is 1. The number of carboxylic acid groups (broad SMARTS) is 1. The zero-order chi connectivity index (χ0) is 12.1. The van der Waals surface area contributed by atoms with Crippen LogP contribution in [0.4, 0.5) is 0 Å². The molecule has 82 valence electrons. The van der Waals surface area contributed by atoms with E-state index in [1.54, 1.807) is 19.1 Å². The summed E-state index contributed by atoms with van der Waals surface area (Å²) < 4.78 is 4.34. The maximum atomic E-state index is 10.9. The summed E-state index contributed by atoms with van der Waals surface area (Å²) in [5.41, 5.74) is 1.20. The van der Waals surface area contributed by atoms with Crippen molar-refractivity contribution in [3.8, 4) is 11.8 Å². The van der Waals surface area contributed by atoms with Crippen LogP contribution < -0.4 is 0 Å². The molecule has 4 nitrogen and oxygen atoms in total. The van der Waals surface area contributed by atoms with Crippen molar-refractivity contribution in [2.45, 2.75) is 6.92 Å². The van der Waals surface area contributed by atoms with E-state index in [0.717, 1.165) is 5.56 Å². The summed E-state index contributed by atoms with van der Waals surface area (Å²) >= 11 is 0. The smallest absolute Gasteiger partial charge is 0.384 e. The SMILES string of the molecule is COC(=O)C#Cc1ccc(C)cc1C(=O)O. The van der Waals surface area contributed by atoms with E-state index in [2.05, 4.69) is 16.6 Å². The Balaban J connectivity index is 3.17. The summed E-state index contributed by atoms with van der Waals surface area (Å²) in [4.78, 5) is 21.7. The zero-order valence-electron chi connectivity index (χ0n) is 8.90. The van der Waals surface area contributed by atoms with Gasteiger partial charge in [-0.25, -0.2) is 9.59 Å². The molecule has 0 fully saturated rings. The summed E-state index contributed by atoms with van der Waals surface area (Å²) in [7, 11) is 1.21. The fourth-order valence-electron chi connectivity index (χ4n) is 1.11. The quantitative estimate of drug-likeness (QED) is 0.568. The molecule has 1 rings (SSSR count). The van der Waals surface area contributed by atoms with Gasteiger partial charge in [0.15, 0.2) is 0 Å². The molecule has 0 radical (unpaired) electrons. The Morgan fingerprint density at radius 1 is 1.38 bits per heavy atom. The van der Waals surface area contributed by atoms with Crippen molar-refractivity contribution in [2.24, 2.45) is 0 Å². The van der Waals surface area contributed by atoms with E-state index in [-0.39, 0.29) is 5.56 Å². The lowest BCUT2D eigenvalue weighted by Crippen LogP contribution is -2.01. The van der Waals surface area contributed by atoms with E-state index in [4.69, 9.17) is 5.11 Å². The van der Waals surface area contributed by atoms with Gasteiger partial charge in [0.25, 0.3) is 0 Å². The maximum Gasteiger partial charge on any atom is 0.384 e. The molecule has 0 unspecified atom stereocenters. The Morgan fingerprint density at radius 2 is 2.06 bits per heavy atom. The van der Waals surface area contributed by atoms with Crippen LogP contribution in [0.1, 0.15) is 21.5 Å². The fraction of sp³-hybridized carbons (Fsp3) is 0.167. The maximum absolute atomic E-state index is 10.9. The second-order valence-corrected chi connectivity index (χ2v) is 3.10. The van der Waals surface area contributed by atoms with Gasteiger partial charge in [0, 0.05) is 11.5 Å². The lowest BCUT2D eigenvalue weighted by Gasteiger charge is -2.00. The summed E-state index contributed by atoms with van der Waals surface area (Å²) in [6.45, 7) is 1.78. The van der Waals surface area contributed by atoms with Crippen molar-refractivity contribution >= 4 is 11.9 Å². The first-order chi connectivity index (χ1) is 7.54. The van der Waals surface area contributed by atoms with Crippen molar-refractivity contribution in [1.29, 1.82) is 0 Å². The monoisotopic (exact) mass is 218 g/mol. The highest BCUT2D eigenvalue weighted by molar-refractivity contribution is 5.93. The van der Waals surface area contributed by atoms with Gasteiger partial charge in [-0.3, -0.25) is 0 Å². The molecule has 0 heterocycles. The van der Waals surface area contributed by atoms with E-state index < -0.39 is 11.9 Å². The molecule has 0 aliphatic rings. The van der Waals surface area contributed by atoms with Crippen molar-refractivity contribution < 1.29 is 19.4 Å². The Hall–Kier alpha value is -2.28. The lowest BCUT2D eigenvalue weighted by atomic mass is 10.1. The molecule has 0 saturated carbocycles. The van der Waals surface area contributed by atoms with Gasteiger partial charge < -0.3 is 9.84 Å². The number of hydrogen-bond donors (Lipinski definition) is 1. The number of aromatic carboxylic acids is 1. The number of rotatable bonds is 1. The van der Waals surface area contributed by atoms with E-state index >= 15 is 0 Å². The minimum absolute atomic E-state index is 0.0800. The summed E-state index contributed by atoms with van der Waals surface area (Å²) in [5.74, 6) is 2.89. The Morgan fingerprint density at radius 3 is 2.62 bits per heavy atom. The van der Waals surface area contributed by atoms with E-state index in [1.807, 2.05) is 0 Å². The van der Waals surface area contributed by atoms with Crippen LogP contribution in [-0.2, 0) is 9.53 Å². The first-order valence-corrected chi connectivity index (χ1v) is 4.48. The molecular weight excluding hydrogens is 208 g/mol. The van der Waals surface area contributed by atoms with Crippen LogP contribution >= 0.6 is 0 Å². The first-order valence-electron chi connectivity index (χ1n) is 4.48. The molecule has 1 aromatic carbocycles. The number of hydrogen-bond acceptors (Lipinski definition) is 3. The number of carbonyl (C=O) groups is 2. The Bertz CT molecular complexity index is 491. The van der Waals surface area contributed by atoms with Crippen molar-refractivity contribution in [3.05, 3.63) is 34.9 Å². The van der Waals surface area contributed by atoms with Crippen molar-refractivity contribution in [2.75, 3.05) is 7.11 Å². The summed E-state index contributed by atoms with van der Waals surface area (Å²) in [6.07, 6.45) is 0. The van der Waals surface area contributed by atoms with E-state index in [0.29, 0.717) is 5.56 Å². The Kier molecular flexibility index (Phi) is 3.67. The highest BCUT2D eigenvalue weighted by Crippen LogP contribution is 2.10. The molecule has 1 aromatic rings. The molecule has 0 bridgehead atoms. The second kappa shape index (κ2) is 4.99. The van der Waals surface area contributed by atoms with Gasteiger partial charge in [0.1, 0.15) is 0 Å². The van der Waals surface area contributed by atoms with Gasteiger partial charge in [0.2, 0.25) is 0 Å². The molecule has 0 aliphatic carbocycles. The van der Waals surface area contributed by atoms with Crippen LogP contribution in [0.25, 0.3) is 0 Å². The van der Waals surface area contributed by atoms with Crippen molar-refractivity contribution in [1.82, 2.24) is 0 Å². The normalized spacial score (nSPS) is 8.88. The third kappa shape index (κ3) is 2.85. The number of carboxylic acids is 1. The average molecular weight is 218 g/mol. The molecule has 0 amide bonds. The van der Waals surface area contributed by atoms with Gasteiger partial charge in [-0.05, 0) is 19.1 Å². The second-order valence-electron chi connectivity index (χ2n) is 3.10. The number of ether oxygens (including phenoxy) is 1. The molecule has 0 spiro atoms. The topological polar surface area (TPSA) is 63.6 Å². The molecular formula is C12H10O4. The van der Waals surface area contributed by atoms with Crippen LogP contribution in [0.15, 0.2) is 18.2 Å². The highest BCUT2D eigenvalue weighted by atomic mass is 16.5. The van der Waals surface area contributed by atoms with Gasteiger partial charge in [0.05, 0.1) is 12.7 Å². The Labute approximate surface area is 92.9 Å². The largest absolute Gasteiger partial charge is 0.478 e. The van der Waals surface area contributed by atoms with E-state index in [1.165, 1.54) is 13.2 Å². The standard InChI is InChI=1S/C12H10O4/c1-8-3-4-9(5-6-11(13)16-2)10(7-8)12(14)15/h3-4,7H,1-2H3,(H,14,15). The molecule has 16 heavy (non-hydrogen) atoms. The average Bonchev–Trinajstić information content (AvgIpc) is 2.26. The van der Waals surface area contributed by atoms with Gasteiger partial charge in [-0.2, -0.15) is 0 Å². The molecule has 0 saturated heterocycles. The number of esters is 1. The van der Waals surface area contributed by atoms with Crippen LogP contribution in [0.5, 0.6) is 0 Å². The van der Waals surface area contributed by atoms with Gasteiger partial charge >= 0.3 is 11.9 Å². The van der Waals surface area contributed by atoms with Gasteiger partial charge in [-0.1, -0.05) is 17.6 Å². The van der Waals surface area contributed by atoms with Gasteiger partial charge in [-0.15, -0.1) is 0 Å². The minimum atomic E-state index is -1.07. The van der Waals surface area contributed by atoms with Crippen molar-refractivity contribution in [3.63, 3.8) is 0 Å². The minimum Gasteiger partial charge on any atom is -0.478 e.